The summed E-state index contributed by atoms with van der Waals surface area (Å²) in [6, 6.07) is 6.73. The van der Waals surface area contributed by atoms with Gasteiger partial charge in [0.05, 0.1) is 0 Å². The highest BCUT2D eigenvalue weighted by Crippen LogP contribution is 2.05. The second kappa shape index (κ2) is 7.85. The Morgan fingerprint density at radius 1 is 1.15 bits per heavy atom. The predicted molar refractivity (Wildman–Crippen MR) is 82.4 cm³/mol. The zero-order valence-electron chi connectivity index (χ0n) is 12.8. The number of hydrogen-bond donors (Lipinski definition) is 3. The SMILES string of the molecule is CN=C(NCCNC(C)(C)C)NCc1ccccc1F. The maximum atomic E-state index is 13.5. The first-order valence-corrected chi connectivity index (χ1v) is 6.85. The van der Waals surface area contributed by atoms with Crippen LogP contribution in [0.5, 0.6) is 0 Å². The van der Waals surface area contributed by atoms with Crippen LogP contribution in [0, 0.1) is 5.82 Å². The largest absolute Gasteiger partial charge is 0.355 e. The van der Waals surface area contributed by atoms with E-state index in [4.69, 9.17) is 0 Å². The third-order valence-corrected chi connectivity index (χ3v) is 2.70. The summed E-state index contributed by atoms with van der Waals surface area (Å²) in [5, 5.41) is 9.66. The molecule has 5 heteroatoms. The summed E-state index contributed by atoms with van der Waals surface area (Å²) >= 11 is 0. The Labute approximate surface area is 120 Å². The summed E-state index contributed by atoms with van der Waals surface area (Å²) in [6.45, 7) is 8.38. The van der Waals surface area contributed by atoms with Gasteiger partial charge >= 0.3 is 0 Å². The zero-order valence-corrected chi connectivity index (χ0v) is 12.8. The van der Waals surface area contributed by atoms with Crippen LogP contribution < -0.4 is 16.0 Å². The quantitative estimate of drug-likeness (QED) is 0.438. The highest BCUT2D eigenvalue weighted by atomic mass is 19.1. The topological polar surface area (TPSA) is 48.5 Å². The number of aliphatic imine (C=N–C) groups is 1. The third kappa shape index (κ3) is 6.52. The Morgan fingerprint density at radius 3 is 2.45 bits per heavy atom. The van der Waals surface area contributed by atoms with Gasteiger partial charge in [-0.25, -0.2) is 4.39 Å². The lowest BCUT2D eigenvalue weighted by atomic mass is 10.1. The highest BCUT2D eigenvalue weighted by molar-refractivity contribution is 5.79. The summed E-state index contributed by atoms with van der Waals surface area (Å²) in [7, 11) is 1.70. The lowest BCUT2D eigenvalue weighted by Crippen LogP contribution is -2.44. The van der Waals surface area contributed by atoms with Gasteiger partial charge < -0.3 is 16.0 Å². The van der Waals surface area contributed by atoms with Crippen LogP contribution in [0.4, 0.5) is 4.39 Å². The number of hydrogen-bond acceptors (Lipinski definition) is 2. The van der Waals surface area contributed by atoms with E-state index < -0.39 is 0 Å². The molecule has 0 heterocycles. The summed E-state index contributed by atoms with van der Waals surface area (Å²) in [5.74, 6) is 0.466. The molecular formula is C15H25FN4. The van der Waals surface area contributed by atoms with E-state index in [1.54, 1.807) is 19.2 Å². The van der Waals surface area contributed by atoms with Crippen LogP contribution in [0.25, 0.3) is 0 Å². The molecule has 0 radical (unpaired) electrons. The monoisotopic (exact) mass is 280 g/mol. The molecule has 0 aliphatic rings. The van der Waals surface area contributed by atoms with Crippen LogP contribution in [-0.4, -0.2) is 31.6 Å². The molecule has 3 N–H and O–H groups in total. The highest BCUT2D eigenvalue weighted by Gasteiger charge is 2.07. The van der Waals surface area contributed by atoms with Crippen molar-refractivity contribution in [2.24, 2.45) is 4.99 Å². The van der Waals surface area contributed by atoms with E-state index in [-0.39, 0.29) is 11.4 Å². The minimum Gasteiger partial charge on any atom is -0.355 e. The van der Waals surface area contributed by atoms with Gasteiger partial charge in [-0.2, -0.15) is 0 Å². The Balaban J connectivity index is 2.32. The molecule has 0 aliphatic carbocycles. The van der Waals surface area contributed by atoms with Crippen molar-refractivity contribution in [3.05, 3.63) is 35.6 Å². The van der Waals surface area contributed by atoms with Crippen molar-refractivity contribution in [1.82, 2.24) is 16.0 Å². The van der Waals surface area contributed by atoms with Crippen LogP contribution >= 0.6 is 0 Å². The fourth-order valence-electron chi connectivity index (χ4n) is 1.66. The van der Waals surface area contributed by atoms with Crippen molar-refractivity contribution in [1.29, 1.82) is 0 Å². The molecule has 0 bridgehead atoms. The number of nitrogens with one attached hydrogen (secondary N) is 3. The predicted octanol–water partition coefficient (Wildman–Crippen LogP) is 1.88. The minimum atomic E-state index is -0.204. The molecule has 112 valence electrons. The number of nitrogens with zero attached hydrogens (tertiary/aromatic N) is 1. The molecule has 0 atom stereocenters. The van der Waals surface area contributed by atoms with Gasteiger partial charge in [0, 0.05) is 37.8 Å². The van der Waals surface area contributed by atoms with Gasteiger partial charge in [0.15, 0.2) is 5.96 Å². The van der Waals surface area contributed by atoms with E-state index >= 15 is 0 Å². The van der Waals surface area contributed by atoms with Gasteiger partial charge in [0.25, 0.3) is 0 Å². The molecule has 0 saturated heterocycles. The maximum absolute atomic E-state index is 13.5. The molecule has 0 saturated carbocycles. The van der Waals surface area contributed by atoms with E-state index in [0.29, 0.717) is 18.1 Å². The van der Waals surface area contributed by atoms with Crippen molar-refractivity contribution in [2.75, 3.05) is 20.1 Å². The molecule has 0 aromatic heterocycles. The number of halogens is 1. The number of rotatable bonds is 5. The smallest absolute Gasteiger partial charge is 0.191 e. The Hall–Kier alpha value is -1.62. The molecular weight excluding hydrogens is 255 g/mol. The number of guanidine groups is 1. The average molecular weight is 280 g/mol. The molecule has 0 spiro atoms. The fraction of sp³-hybridized carbons (Fsp3) is 0.533. The first kappa shape index (κ1) is 16.4. The van der Waals surface area contributed by atoms with E-state index in [0.717, 1.165) is 13.1 Å². The van der Waals surface area contributed by atoms with Crippen LogP contribution in [0.1, 0.15) is 26.3 Å². The molecule has 0 amide bonds. The summed E-state index contributed by atoms with van der Waals surface area (Å²) < 4.78 is 13.5. The van der Waals surface area contributed by atoms with E-state index in [9.17, 15) is 4.39 Å². The first-order valence-electron chi connectivity index (χ1n) is 6.85. The average Bonchev–Trinajstić information content (AvgIpc) is 2.38. The standard InChI is InChI=1S/C15H25FN4/c1-15(2,3)20-10-9-18-14(17-4)19-11-12-7-5-6-8-13(12)16/h5-8,20H,9-11H2,1-4H3,(H2,17,18,19). The van der Waals surface area contributed by atoms with Crippen LogP contribution in [0.3, 0.4) is 0 Å². The molecule has 4 nitrogen and oxygen atoms in total. The second-order valence-electron chi connectivity index (χ2n) is 5.62. The Kier molecular flexibility index (Phi) is 6.45. The minimum absolute atomic E-state index is 0.103. The van der Waals surface area contributed by atoms with Gasteiger partial charge in [-0.15, -0.1) is 0 Å². The Morgan fingerprint density at radius 2 is 1.85 bits per heavy atom. The van der Waals surface area contributed by atoms with Gasteiger partial charge in [-0.1, -0.05) is 18.2 Å². The Bertz CT molecular complexity index is 438. The molecule has 0 fully saturated rings. The molecule has 1 rings (SSSR count). The van der Waals surface area contributed by atoms with E-state index in [1.165, 1.54) is 6.07 Å². The van der Waals surface area contributed by atoms with Gasteiger partial charge in [0.1, 0.15) is 5.82 Å². The zero-order chi connectivity index (χ0) is 15.0. The van der Waals surface area contributed by atoms with Crippen molar-refractivity contribution in [3.8, 4) is 0 Å². The van der Waals surface area contributed by atoms with Gasteiger partial charge in [0.2, 0.25) is 0 Å². The third-order valence-electron chi connectivity index (χ3n) is 2.70. The lowest BCUT2D eigenvalue weighted by molar-refractivity contribution is 0.428. The number of benzene rings is 1. The van der Waals surface area contributed by atoms with Gasteiger partial charge in [-0.3, -0.25) is 4.99 Å². The summed E-state index contributed by atoms with van der Waals surface area (Å²) in [5.41, 5.74) is 0.731. The maximum Gasteiger partial charge on any atom is 0.191 e. The van der Waals surface area contributed by atoms with Gasteiger partial charge in [-0.05, 0) is 26.8 Å². The van der Waals surface area contributed by atoms with Crippen molar-refractivity contribution in [3.63, 3.8) is 0 Å². The summed E-state index contributed by atoms with van der Waals surface area (Å²) in [6.07, 6.45) is 0. The van der Waals surface area contributed by atoms with Crippen LogP contribution in [0.2, 0.25) is 0 Å². The van der Waals surface area contributed by atoms with Crippen LogP contribution in [-0.2, 0) is 6.54 Å². The van der Waals surface area contributed by atoms with Crippen molar-refractivity contribution >= 4 is 5.96 Å². The normalized spacial score (nSPS) is 12.3. The molecule has 1 aromatic rings. The van der Waals surface area contributed by atoms with E-state index in [2.05, 4.69) is 41.7 Å². The lowest BCUT2D eigenvalue weighted by Gasteiger charge is -2.21. The summed E-state index contributed by atoms with van der Waals surface area (Å²) in [4.78, 5) is 4.11. The molecule has 0 unspecified atom stereocenters. The molecule has 0 aliphatic heterocycles. The molecule has 1 aromatic carbocycles. The fourth-order valence-corrected chi connectivity index (χ4v) is 1.66. The van der Waals surface area contributed by atoms with Crippen molar-refractivity contribution in [2.45, 2.75) is 32.9 Å². The second-order valence-corrected chi connectivity index (χ2v) is 5.62. The molecule has 20 heavy (non-hydrogen) atoms. The van der Waals surface area contributed by atoms with E-state index in [1.807, 2.05) is 6.07 Å². The van der Waals surface area contributed by atoms with Crippen molar-refractivity contribution < 1.29 is 4.39 Å². The first-order chi connectivity index (χ1) is 9.42. The van der Waals surface area contributed by atoms with Crippen LogP contribution in [0.15, 0.2) is 29.3 Å².